The van der Waals surface area contributed by atoms with Crippen LogP contribution < -0.4 is 14.8 Å². The molecule has 1 heterocycles. The molecule has 5 nitrogen and oxygen atoms in total. The molecule has 0 unspecified atom stereocenters. The van der Waals surface area contributed by atoms with E-state index in [1.54, 1.807) is 32.4 Å². The largest absolute Gasteiger partial charge is 0.497 e. The predicted octanol–water partition coefficient (Wildman–Crippen LogP) is 5.54. The lowest BCUT2D eigenvalue weighted by Crippen LogP contribution is -2.15. The van der Waals surface area contributed by atoms with E-state index in [2.05, 4.69) is 16.0 Å². The van der Waals surface area contributed by atoms with Gasteiger partial charge in [0.05, 0.1) is 26.3 Å². The Morgan fingerprint density at radius 2 is 1.84 bits per heavy atom. The Balaban J connectivity index is 1.58. The molecule has 0 fully saturated rings. The molecule has 3 aromatic carbocycles. The fraction of sp³-hybridized carbons (Fsp3) is 0.160. The number of para-hydroxylation sites is 1. The second-order valence-electron chi connectivity index (χ2n) is 7.22. The molecule has 1 N–H and O–H groups in total. The summed E-state index contributed by atoms with van der Waals surface area (Å²) in [5, 5.41) is 4.71. The minimum absolute atomic E-state index is 0.117. The number of aromatic nitrogens is 1. The Hall–Kier alpha value is -3.44. The lowest BCUT2D eigenvalue weighted by Gasteiger charge is -2.11. The van der Waals surface area contributed by atoms with Gasteiger partial charge in [0, 0.05) is 34.7 Å². The first-order valence-electron chi connectivity index (χ1n) is 9.90. The molecule has 158 valence electrons. The van der Waals surface area contributed by atoms with Gasteiger partial charge in [-0.3, -0.25) is 4.79 Å². The van der Waals surface area contributed by atoms with Crippen molar-refractivity contribution in [2.45, 2.75) is 13.0 Å². The van der Waals surface area contributed by atoms with Gasteiger partial charge in [0.1, 0.15) is 11.5 Å². The maximum Gasteiger partial charge on any atom is 0.228 e. The third kappa shape index (κ3) is 4.67. The summed E-state index contributed by atoms with van der Waals surface area (Å²) in [5.41, 5.74) is 3.75. The highest BCUT2D eigenvalue weighted by Crippen LogP contribution is 2.30. The number of ether oxygens (including phenoxy) is 2. The van der Waals surface area contributed by atoms with Crippen LogP contribution in [-0.2, 0) is 17.8 Å². The van der Waals surface area contributed by atoms with Crippen LogP contribution in [0, 0.1) is 0 Å². The number of benzene rings is 3. The van der Waals surface area contributed by atoms with Crippen LogP contribution in [0.15, 0.2) is 72.9 Å². The molecule has 0 saturated heterocycles. The van der Waals surface area contributed by atoms with Gasteiger partial charge in [-0.1, -0.05) is 41.9 Å². The fourth-order valence-corrected chi connectivity index (χ4v) is 3.91. The maximum atomic E-state index is 12.8. The van der Waals surface area contributed by atoms with Crippen molar-refractivity contribution < 1.29 is 14.3 Å². The molecule has 0 bridgehead atoms. The second-order valence-corrected chi connectivity index (χ2v) is 7.66. The van der Waals surface area contributed by atoms with E-state index in [1.165, 1.54) is 0 Å². The minimum atomic E-state index is -0.117. The molecular weight excluding hydrogens is 412 g/mol. The zero-order valence-electron chi connectivity index (χ0n) is 17.4. The predicted molar refractivity (Wildman–Crippen MR) is 124 cm³/mol. The van der Waals surface area contributed by atoms with Gasteiger partial charge in [-0.2, -0.15) is 0 Å². The number of rotatable bonds is 7. The highest BCUT2D eigenvalue weighted by molar-refractivity contribution is 6.30. The monoisotopic (exact) mass is 434 g/mol. The van der Waals surface area contributed by atoms with Crippen molar-refractivity contribution in [1.82, 2.24) is 4.57 Å². The van der Waals surface area contributed by atoms with Crippen LogP contribution in [-0.4, -0.2) is 24.7 Å². The molecule has 6 heteroatoms. The molecule has 31 heavy (non-hydrogen) atoms. The number of nitrogens with zero attached hydrogens (tertiary/aromatic N) is 1. The van der Waals surface area contributed by atoms with Crippen LogP contribution in [0.5, 0.6) is 11.5 Å². The minimum Gasteiger partial charge on any atom is -0.497 e. The van der Waals surface area contributed by atoms with E-state index >= 15 is 0 Å². The first-order valence-corrected chi connectivity index (χ1v) is 10.3. The number of carbonyl (C=O) groups excluding carboxylic acids is 1. The van der Waals surface area contributed by atoms with Gasteiger partial charge in [0.25, 0.3) is 0 Å². The van der Waals surface area contributed by atoms with Crippen LogP contribution in [0.2, 0.25) is 5.02 Å². The number of carbonyl (C=O) groups is 1. The highest BCUT2D eigenvalue weighted by Gasteiger charge is 2.14. The van der Waals surface area contributed by atoms with E-state index in [1.807, 2.05) is 48.7 Å². The van der Waals surface area contributed by atoms with Crippen LogP contribution in [0.3, 0.4) is 0 Å². The normalized spacial score (nSPS) is 10.8. The first kappa shape index (κ1) is 20.8. The van der Waals surface area contributed by atoms with Crippen LogP contribution in [0.1, 0.15) is 11.1 Å². The van der Waals surface area contributed by atoms with Crippen molar-refractivity contribution in [2.75, 3.05) is 19.5 Å². The fourth-order valence-electron chi connectivity index (χ4n) is 3.70. The van der Waals surface area contributed by atoms with Gasteiger partial charge in [-0.15, -0.1) is 0 Å². The lowest BCUT2D eigenvalue weighted by molar-refractivity contribution is -0.115. The quantitative estimate of drug-likeness (QED) is 0.415. The molecule has 4 rings (SSSR count). The maximum absolute atomic E-state index is 12.8. The van der Waals surface area contributed by atoms with Crippen LogP contribution in [0.4, 0.5) is 5.69 Å². The Labute approximate surface area is 186 Å². The molecule has 0 atom stereocenters. The zero-order valence-corrected chi connectivity index (χ0v) is 18.1. The van der Waals surface area contributed by atoms with Crippen molar-refractivity contribution in [3.8, 4) is 11.5 Å². The number of nitrogens with one attached hydrogen (secondary N) is 1. The summed E-state index contributed by atoms with van der Waals surface area (Å²) in [6, 6.07) is 21.2. The van der Waals surface area contributed by atoms with Gasteiger partial charge in [0.15, 0.2) is 0 Å². The van der Waals surface area contributed by atoms with E-state index in [9.17, 15) is 4.79 Å². The average molecular weight is 435 g/mol. The Morgan fingerprint density at radius 3 is 2.61 bits per heavy atom. The number of hydrogen-bond donors (Lipinski definition) is 1. The van der Waals surface area contributed by atoms with Crippen LogP contribution >= 0.6 is 11.6 Å². The number of halogens is 1. The van der Waals surface area contributed by atoms with Gasteiger partial charge < -0.3 is 19.4 Å². The van der Waals surface area contributed by atoms with Crippen molar-refractivity contribution >= 4 is 34.1 Å². The molecule has 4 aromatic rings. The van der Waals surface area contributed by atoms with Crippen molar-refractivity contribution in [2.24, 2.45) is 0 Å². The third-order valence-electron chi connectivity index (χ3n) is 5.15. The number of methoxy groups -OCH3 is 2. The van der Waals surface area contributed by atoms with Gasteiger partial charge in [-0.05, 0) is 41.5 Å². The molecule has 0 radical (unpaired) electrons. The summed E-state index contributed by atoms with van der Waals surface area (Å²) in [7, 11) is 3.15. The third-order valence-corrected chi connectivity index (χ3v) is 5.38. The van der Waals surface area contributed by atoms with Gasteiger partial charge >= 0.3 is 0 Å². The molecule has 0 aliphatic carbocycles. The highest BCUT2D eigenvalue weighted by atomic mass is 35.5. The van der Waals surface area contributed by atoms with Gasteiger partial charge in [-0.25, -0.2) is 0 Å². The number of amides is 1. The van der Waals surface area contributed by atoms with E-state index in [0.29, 0.717) is 28.8 Å². The summed E-state index contributed by atoms with van der Waals surface area (Å²) in [5.74, 6) is 1.10. The molecule has 1 aromatic heterocycles. The molecule has 0 aliphatic heterocycles. The summed E-state index contributed by atoms with van der Waals surface area (Å²) in [4.78, 5) is 12.8. The van der Waals surface area contributed by atoms with Crippen molar-refractivity contribution in [3.63, 3.8) is 0 Å². The standard InChI is InChI=1S/C25H23ClN2O3/c1-30-20-10-11-22(24(14-20)31-2)27-25(29)13-18-16-28(23-9-4-3-8-21(18)23)15-17-6-5-7-19(26)12-17/h3-12,14,16H,13,15H2,1-2H3,(H,27,29). The smallest absolute Gasteiger partial charge is 0.228 e. The van der Waals surface area contributed by atoms with Crippen molar-refractivity contribution in [1.29, 1.82) is 0 Å². The first-order chi connectivity index (χ1) is 15.1. The molecule has 0 saturated carbocycles. The summed E-state index contributed by atoms with van der Waals surface area (Å²) < 4.78 is 12.7. The number of anilines is 1. The molecular formula is C25H23ClN2O3. The summed E-state index contributed by atoms with van der Waals surface area (Å²) in [6.45, 7) is 0.676. The summed E-state index contributed by atoms with van der Waals surface area (Å²) in [6.07, 6.45) is 2.29. The zero-order chi connectivity index (χ0) is 21.8. The van der Waals surface area contributed by atoms with E-state index in [-0.39, 0.29) is 12.3 Å². The molecule has 1 amide bonds. The Morgan fingerprint density at radius 1 is 1.00 bits per heavy atom. The number of fused-ring (bicyclic) bond motifs is 1. The Kier molecular flexibility index (Phi) is 6.14. The molecule has 0 spiro atoms. The van der Waals surface area contributed by atoms with E-state index < -0.39 is 0 Å². The molecule has 0 aliphatic rings. The van der Waals surface area contributed by atoms with E-state index in [4.69, 9.17) is 21.1 Å². The van der Waals surface area contributed by atoms with Crippen molar-refractivity contribution in [3.05, 3.63) is 89.1 Å². The average Bonchev–Trinajstić information content (AvgIpc) is 3.11. The SMILES string of the molecule is COc1ccc(NC(=O)Cc2cn(Cc3cccc(Cl)c3)c3ccccc23)c(OC)c1. The second kappa shape index (κ2) is 9.14. The lowest BCUT2D eigenvalue weighted by atomic mass is 10.1. The van der Waals surface area contributed by atoms with Gasteiger partial charge in [0.2, 0.25) is 5.91 Å². The topological polar surface area (TPSA) is 52.5 Å². The Bertz CT molecular complexity index is 1230. The van der Waals surface area contributed by atoms with Crippen LogP contribution in [0.25, 0.3) is 10.9 Å². The summed E-state index contributed by atoms with van der Waals surface area (Å²) >= 11 is 6.14. The number of hydrogen-bond acceptors (Lipinski definition) is 3. The van der Waals surface area contributed by atoms with E-state index in [0.717, 1.165) is 22.0 Å².